The predicted molar refractivity (Wildman–Crippen MR) is 62.7 cm³/mol. The lowest BCUT2D eigenvalue weighted by Crippen LogP contribution is -2.22. The van der Waals surface area contributed by atoms with Gasteiger partial charge in [-0.15, -0.1) is 0 Å². The van der Waals surface area contributed by atoms with E-state index in [0.717, 1.165) is 6.42 Å². The number of ether oxygens (including phenoxy) is 2. The summed E-state index contributed by atoms with van der Waals surface area (Å²) in [5.41, 5.74) is 0. The fourth-order valence-corrected chi connectivity index (χ4v) is 1.59. The van der Waals surface area contributed by atoms with E-state index in [1.165, 1.54) is 25.5 Å². The molecule has 1 aliphatic carbocycles. The SMILES string of the molecule is O=C(CCCOC1CCC1)Oc1cccnc1. The first-order chi connectivity index (χ1) is 8.34. The van der Waals surface area contributed by atoms with Gasteiger partial charge in [-0.3, -0.25) is 9.78 Å². The highest BCUT2D eigenvalue weighted by Gasteiger charge is 2.17. The minimum atomic E-state index is -0.227. The molecule has 0 saturated heterocycles. The van der Waals surface area contributed by atoms with Crippen molar-refractivity contribution in [1.82, 2.24) is 4.98 Å². The van der Waals surface area contributed by atoms with E-state index in [0.29, 0.717) is 24.9 Å². The summed E-state index contributed by atoms with van der Waals surface area (Å²) in [5.74, 6) is 0.271. The molecule has 0 atom stereocenters. The second-order valence-electron chi connectivity index (χ2n) is 4.19. The molecule has 0 spiro atoms. The van der Waals surface area contributed by atoms with Crippen molar-refractivity contribution in [3.63, 3.8) is 0 Å². The Labute approximate surface area is 101 Å². The van der Waals surface area contributed by atoms with Crippen LogP contribution in [0.2, 0.25) is 0 Å². The van der Waals surface area contributed by atoms with Crippen molar-refractivity contribution in [3.8, 4) is 5.75 Å². The quantitative estimate of drug-likeness (QED) is 0.561. The molecule has 0 bridgehead atoms. The highest BCUT2D eigenvalue weighted by Crippen LogP contribution is 2.21. The molecule has 92 valence electrons. The molecule has 1 saturated carbocycles. The van der Waals surface area contributed by atoms with Gasteiger partial charge in [0.05, 0.1) is 12.3 Å². The van der Waals surface area contributed by atoms with Crippen molar-refractivity contribution < 1.29 is 14.3 Å². The smallest absolute Gasteiger partial charge is 0.311 e. The standard InChI is InChI=1S/C13H17NO3/c15-13(17-12-6-2-8-14-10-12)7-3-9-16-11-4-1-5-11/h2,6,8,10-11H,1,3-5,7,9H2. The normalized spacial score (nSPS) is 15.3. The second-order valence-corrected chi connectivity index (χ2v) is 4.19. The number of nitrogens with zero attached hydrogens (tertiary/aromatic N) is 1. The number of carbonyl (C=O) groups excluding carboxylic acids is 1. The van der Waals surface area contributed by atoms with Gasteiger partial charge in [0, 0.05) is 19.2 Å². The predicted octanol–water partition coefficient (Wildman–Crippen LogP) is 2.34. The third-order valence-electron chi connectivity index (χ3n) is 2.80. The van der Waals surface area contributed by atoms with Crippen molar-refractivity contribution in [1.29, 1.82) is 0 Å². The van der Waals surface area contributed by atoms with Crippen LogP contribution in [-0.2, 0) is 9.53 Å². The Morgan fingerprint density at radius 1 is 1.47 bits per heavy atom. The van der Waals surface area contributed by atoms with Crippen LogP contribution in [0.1, 0.15) is 32.1 Å². The van der Waals surface area contributed by atoms with Gasteiger partial charge < -0.3 is 9.47 Å². The number of aromatic nitrogens is 1. The maximum atomic E-state index is 11.4. The first-order valence-corrected chi connectivity index (χ1v) is 6.07. The van der Waals surface area contributed by atoms with Gasteiger partial charge in [-0.1, -0.05) is 0 Å². The summed E-state index contributed by atoms with van der Waals surface area (Å²) in [5, 5.41) is 0. The molecule has 1 aromatic heterocycles. The Balaban J connectivity index is 1.57. The molecule has 0 N–H and O–H groups in total. The fraction of sp³-hybridized carbons (Fsp3) is 0.538. The highest BCUT2D eigenvalue weighted by atomic mass is 16.5. The van der Waals surface area contributed by atoms with Crippen LogP contribution in [0.4, 0.5) is 0 Å². The van der Waals surface area contributed by atoms with Crippen LogP contribution in [0.15, 0.2) is 24.5 Å². The number of pyridine rings is 1. The third kappa shape index (κ3) is 4.15. The Bertz CT molecular complexity index is 349. The molecule has 0 amide bonds. The zero-order valence-electron chi connectivity index (χ0n) is 9.80. The van der Waals surface area contributed by atoms with E-state index in [1.54, 1.807) is 18.3 Å². The largest absolute Gasteiger partial charge is 0.425 e. The molecular weight excluding hydrogens is 218 g/mol. The van der Waals surface area contributed by atoms with Crippen LogP contribution in [0.5, 0.6) is 5.75 Å². The summed E-state index contributed by atoms with van der Waals surface area (Å²) in [7, 11) is 0. The van der Waals surface area contributed by atoms with Crippen molar-refractivity contribution in [2.45, 2.75) is 38.2 Å². The molecule has 2 rings (SSSR count). The fourth-order valence-electron chi connectivity index (χ4n) is 1.59. The van der Waals surface area contributed by atoms with E-state index < -0.39 is 0 Å². The van der Waals surface area contributed by atoms with Crippen molar-refractivity contribution in [2.24, 2.45) is 0 Å². The summed E-state index contributed by atoms with van der Waals surface area (Å²) < 4.78 is 10.7. The Hall–Kier alpha value is -1.42. The first-order valence-electron chi connectivity index (χ1n) is 6.07. The number of carbonyl (C=O) groups is 1. The van der Waals surface area contributed by atoms with Gasteiger partial charge in [0.2, 0.25) is 0 Å². The molecular formula is C13H17NO3. The Morgan fingerprint density at radius 2 is 2.35 bits per heavy atom. The Morgan fingerprint density at radius 3 is 3.00 bits per heavy atom. The van der Waals surface area contributed by atoms with Crippen LogP contribution < -0.4 is 4.74 Å². The first kappa shape index (κ1) is 12.0. The topological polar surface area (TPSA) is 48.4 Å². The van der Waals surface area contributed by atoms with E-state index in [2.05, 4.69) is 4.98 Å². The molecule has 4 heteroatoms. The number of hydrogen-bond donors (Lipinski definition) is 0. The van der Waals surface area contributed by atoms with Crippen LogP contribution in [0, 0.1) is 0 Å². The maximum Gasteiger partial charge on any atom is 0.311 e. The molecule has 4 nitrogen and oxygen atoms in total. The monoisotopic (exact) mass is 235 g/mol. The maximum absolute atomic E-state index is 11.4. The average Bonchev–Trinajstić information content (AvgIpc) is 2.27. The van der Waals surface area contributed by atoms with Gasteiger partial charge in [-0.25, -0.2) is 0 Å². The summed E-state index contributed by atoms with van der Waals surface area (Å²) in [6.07, 6.45) is 8.32. The molecule has 0 unspecified atom stereocenters. The molecule has 0 aliphatic heterocycles. The summed E-state index contributed by atoms with van der Waals surface area (Å²) in [4.78, 5) is 15.3. The molecule has 1 heterocycles. The van der Waals surface area contributed by atoms with E-state index >= 15 is 0 Å². The van der Waals surface area contributed by atoms with Gasteiger partial charge in [-0.2, -0.15) is 0 Å². The molecule has 0 radical (unpaired) electrons. The molecule has 1 fully saturated rings. The van der Waals surface area contributed by atoms with Crippen LogP contribution in [0.25, 0.3) is 0 Å². The summed E-state index contributed by atoms with van der Waals surface area (Å²) in [6, 6.07) is 3.46. The van der Waals surface area contributed by atoms with E-state index in [4.69, 9.17) is 9.47 Å². The second kappa shape index (κ2) is 6.35. The number of hydrogen-bond acceptors (Lipinski definition) is 4. The zero-order chi connectivity index (χ0) is 11.9. The lowest BCUT2D eigenvalue weighted by Gasteiger charge is -2.25. The lowest BCUT2D eigenvalue weighted by molar-refractivity contribution is -0.135. The van der Waals surface area contributed by atoms with E-state index in [1.807, 2.05) is 0 Å². The minimum absolute atomic E-state index is 0.227. The summed E-state index contributed by atoms with van der Waals surface area (Å²) >= 11 is 0. The molecule has 1 aliphatic rings. The zero-order valence-corrected chi connectivity index (χ0v) is 9.80. The summed E-state index contributed by atoms with van der Waals surface area (Å²) in [6.45, 7) is 0.646. The van der Waals surface area contributed by atoms with Crippen LogP contribution in [-0.4, -0.2) is 23.7 Å². The molecule has 0 aromatic carbocycles. The highest BCUT2D eigenvalue weighted by molar-refractivity contribution is 5.72. The third-order valence-corrected chi connectivity index (χ3v) is 2.80. The molecule has 17 heavy (non-hydrogen) atoms. The van der Waals surface area contributed by atoms with Gasteiger partial charge in [0.25, 0.3) is 0 Å². The minimum Gasteiger partial charge on any atom is -0.425 e. The van der Waals surface area contributed by atoms with E-state index in [-0.39, 0.29) is 5.97 Å². The van der Waals surface area contributed by atoms with Gasteiger partial charge >= 0.3 is 5.97 Å². The number of esters is 1. The Kier molecular flexibility index (Phi) is 4.50. The van der Waals surface area contributed by atoms with Crippen molar-refractivity contribution in [2.75, 3.05) is 6.61 Å². The van der Waals surface area contributed by atoms with Gasteiger partial charge in [0.15, 0.2) is 0 Å². The van der Waals surface area contributed by atoms with Crippen molar-refractivity contribution in [3.05, 3.63) is 24.5 Å². The molecule has 1 aromatic rings. The van der Waals surface area contributed by atoms with Gasteiger partial charge in [0.1, 0.15) is 5.75 Å². The number of rotatable bonds is 6. The van der Waals surface area contributed by atoms with Crippen LogP contribution >= 0.6 is 0 Å². The van der Waals surface area contributed by atoms with Crippen molar-refractivity contribution >= 4 is 5.97 Å². The van der Waals surface area contributed by atoms with Gasteiger partial charge in [-0.05, 0) is 37.8 Å². The van der Waals surface area contributed by atoms with E-state index in [9.17, 15) is 4.79 Å². The van der Waals surface area contributed by atoms with Crippen LogP contribution in [0.3, 0.4) is 0 Å². The average molecular weight is 235 g/mol. The lowest BCUT2D eigenvalue weighted by atomic mass is 9.96.